The molecule has 0 spiro atoms. The molecule has 1 atom stereocenters. The lowest BCUT2D eigenvalue weighted by Gasteiger charge is -2.27. The normalized spacial score (nSPS) is 26.7. The summed E-state index contributed by atoms with van der Waals surface area (Å²) < 4.78 is 40.7. The summed E-state index contributed by atoms with van der Waals surface area (Å²) in [4.78, 5) is 0. The summed E-state index contributed by atoms with van der Waals surface area (Å²) >= 11 is 0. The molecule has 1 aromatic rings. The minimum absolute atomic E-state index is 0.0935. The number of aromatic nitrogens is 1. The third-order valence-electron chi connectivity index (χ3n) is 4.07. The van der Waals surface area contributed by atoms with Crippen molar-refractivity contribution < 1.29 is 13.2 Å². The first kappa shape index (κ1) is 11.1. The van der Waals surface area contributed by atoms with Crippen molar-refractivity contribution in [3.63, 3.8) is 0 Å². The van der Waals surface area contributed by atoms with Crippen LogP contribution < -0.4 is 5.73 Å². The van der Waals surface area contributed by atoms with E-state index in [4.69, 9.17) is 5.73 Å². The summed E-state index contributed by atoms with van der Waals surface area (Å²) in [6.45, 7) is 0. The van der Waals surface area contributed by atoms with Gasteiger partial charge in [0.2, 0.25) is 0 Å². The van der Waals surface area contributed by atoms with Gasteiger partial charge in [-0.2, -0.15) is 13.2 Å². The quantitative estimate of drug-likeness (QED) is 0.809. The first-order valence-electron chi connectivity index (χ1n) is 5.99. The molecular formula is C12H15F3N2. The van der Waals surface area contributed by atoms with Crippen LogP contribution in [0, 0.1) is 0 Å². The molecule has 0 radical (unpaired) electrons. The fourth-order valence-electron chi connectivity index (χ4n) is 2.91. The fraction of sp³-hybridized carbons (Fsp3) is 0.667. The van der Waals surface area contributed by atoms with E-state index in [1.807, 2.05) is 0 Å². The van der Waals surface area contributed by atoms with Crippen molar-refractivity contribution in [2.75, 3.05) is 0 Å². The van der Waals surface area contributed by atoms with Gasteiger partial charge in [-0.1, -0.05) is 0 Å². The average Bonchev–Trinajstić information content (AvgIpc) is 2.94. The zero-order valence-electron chi connectivity index (χ0n) is 9.43. The van der Waals surface area contributed by atoms with Crippen LogP contribution in [0.3, 0.4) is 0 Å². The van der Waals surface area contributed by atoms with Gasteiger partial charge in [-0.05, 0) is 43.7 Å². The third kappa shape index (κ3) is 1.44. The van der Waals surface area contributed by atoms with Crippen molar-refractivity contribution in [3.05, 3.63) is 23.5 Å². The van der Waals surface area contributed by atoms with Crippen molar-refractivity contribution in [1.82, 2.24) is 4.57 Å². The molecule has 1 saturated carbocycles. The number of rotatable bonds is 1. The van der Waals surface area contributed by atoms with Crippen molar-refractivity contribution >= 4 is 0 Å². The number of halogens is 3. The minimum Gasteiger partial charge on any atom is -0.336 e. The van der Waals surface area contributed by atoms with Crippen LogP contribution in [0.4, 0.5) is 13.2 Å². The fourth-order valence-corrected chi connectivity index (χ4v) is 2.91. The summed E-state index contributed by atoms with van der Waals surface area (Å²) in [6.07, 6.45) is 0.299. The molecule has 2 nitrogen and oxygen atoms in total. The second-order valence-electron chi connectivity index (χ2n) is 5.12. The number of hydrogen-bond donors (Lipinski definition) is 1. The van der Waals surface area contributed by atoms with Gasteiger partial charge in [-0.3, -0.25) is 0 Å². The van der Waals surface area contributed by atoms with Gasteiger partial charge in [0.05, 0.1) is 0 Å². The molecule has 17 heavy (non-hydrogen) atoms. The Morgan fingerprint density at radius 1 is 1.35 bits per heavy atom. The lowest BCUT2D eigenvalue weighted by Crippen LogP contribution is -2.36. The van der Waals surface area contributed by atoms with Gasteiger partial charge in [0.25, 0.3) is 0 Å². The zero-order valence-corrected chi connectivity index (χ0v) is 9.43. The van der Waals surface area contributed by atoms with E-state index in [1.165, 1.54) is 4.57 Å². The van der Waals surface area contributed by atoms with Crippen LogP contribution in [0.25, 0.3) is 0 Å². The van der Waals surface area contributed by atoms with Crippen LogP contribution in [-0.4, -0.2) is 10.7 Å². The first-order chi connectivity index (χ1) is 7.96. The molecule has 5 heteroatoms. The topological polar surface area (TPSA) is 30.9 Å². The monoisotopic (exact) mass is 244 g/mol. The Morgan fingerprint density at radius 3 is 2.65 bits per heavy atom. The van der Waals surface area contributed by atoms with E-state index in [2.05, 4.69) is 0 Å². The van der Waals surface area contributed by atoms with E-state index in [-0.39, 0.29) is 18.9 Å². The lowest BCUT2D eigenvalue weighted by molar-refractivity contribution is -0.180. The SMILES string of the molecule is NC1CCCc2c1ccn2C1(C(F)(F)F)CC1. The van der Waals surface area contributed by atoms with Gasteiger partial charge < -0.3 is 10.3 Å². The predicted octanol–water partition coefficient (Wildman–Crippen LogP) is 2.88. The summed E-state index contributed by atoms with van der Waals surface area (Å²) in [6, 6.07) is 1.68. The van der Waals surface area contributed by atoms with Crippen LogP contribution in [0.15, 0.2) is 12.3 Å². The van der Waals surface area contributed by atoms with Gasteiger partial charge in [-0.25, -0.2) is 0 Å². The van der Waals surface area contributed by atoms with Crippen LogP contribution in [0.1, 0.15) is 43.0 Å². The first-order valence-corrected chi connectivity index (χ1v) is 5.99. The van der Waals surface area contributed by atoms with Gasteiger partial charge in [-0.15, -0.1) is 0 Å². The Labute approximate surface area is 97.6 Å². The Hall–Kier alpha value is -0.970. The largest absolute Gasteiger partial charge is 0.411 e. The summed E-state index contributed by atoms with van der Waals surface area (Å²) in [5.41, 5.74) is 6.02. The molecule has 0 bridgehead atoms. The zero-order chi connectivity index (χ0) is 12.3. The maximum Gasteiger partial charge on any atom is 0.411 e. The second kappa shape index (κ2) is 3.28. The van der Waals surface area contributed by atoms with Crippen LogP contribution in [0.5, 0.6) is 0 Å². The molecule has 1 unspecified atom stereocenters. The molecule has 0 amide bonds. The molecule has 94 valence electrons. The second-order valence-corrected chi connectivity index (χ2v) is 5.12. The molecule has 1 aromatic heterocycles. The molecule has 1 heterocycles. The van der Waals surface area contributed by atoms with Gasteiger partial charge in [0.1, 0.15) is 5.54 Å². The van der Waals surface area contributed by atoms with E-state index < -0.39 is 11.7 Å². The van der Waals surface area contributed by atoms with E-state index in [1.54, 1.807) is 12.3 Å². The predicted molar refractivity (Wildman–Crippen MR) is 57.6 cm³/mol. The van der Waals surface area contributed by atoms with Gasteiger partial charge in [0, 0.05) is 17.9 Å². The highest BCUT2D eigenvalue weighted by molar-refractivity contribution is 5.31. The third-order valence-corrected chi connectivity index (χ3v) is 4.07. The van der Waals surface area contributed by atoms with E-state index in [0.29, 0.717) is 6.42 Å². The highest BCUT2D eigenvalue weighted by Gasteiger charge is 2.65. The van der Waals surface area contributed by atoms with Crippen molar-refractivity contribution in [3.8, 4) is 0 Å². The molecule has 2 aliphatic rings. The summed E-state index contributed by atoms with van der Waals surface area (Å²) in [7, 11) is 0. The van der Waals surface area contributed by atoms with Crippen molar-refractivity contribution in [2.24, 2.45) is 5.73 Å². The highest BCUT2D eigenvalue weighted by atomic mass is 19.4. The summed E-state index contributed by atoms with van der Waals surface area (Å²) in [5.74, 6) is 0. The Balaban J connectivity index is 2.06. The Kier molecular flexibility index (Phi) is 2.15. The molecule has 2 N–H and O–H groups in total. The molecule has 0 aliphatic heterocycles. The van der Waals surface area contributed by atoms with Crippen LogP contribution >= 0.6 is 0 Å². The van der Waals surface area contributed by atoms with Crippen LogP contribution in [-0.2, 0) is 12.0 Å². The molecule has 1 fully saturated rings. The molecule has 0 saturated heterocycles. The van der Waals surface area contributed by atoms with Gasteiger partial charge >= 0.3 is 6.18 Å². The van der Waals surface area contributed by atoms with Crippen molar-refractivity contribution in [1.29, 1.82) is 0 Å². The maximum atomic E-state index is 13.1. The number of nitrogens with two attached hydrogens (primary N) is 1. The van der Waals surface area contributed by atoms with Crippen molar-refractivity contribution in [2.45, 2.75) is 49.9 Å². The van der Waals surface area contributed by atoms with E-state index in [9.17, 15) is 13.2 Å². The Bertz CT molecular complexity index is 443. The summed E-state index contributed by atoms with van der Waals surface area (Å²) in [5, 5.41) is 0. The van der Waals surface area contributed by atoms with Crippen LogP contribution in [0.2, 0.25) is 0 Å². The number of nitrogens with zero attached hydrogens (tertiary/aromatic N) is 1. The lowest BCUT2D eigenvalue weighted by atomic mass is 9.93. The average molecular weight is 244 g/mol. The number of hydrogen-bond acceptors (Lipinski definition) is 1. The highest BCUT2D eigenvalue weighted by Crippen LogP contribution is 2.56. The Morgan fingerprint density at radius 2 is 2.06 bits per heavy atom. The molecular weight excluding hydrogens is 229 g/mol. The molecule has 3 rings (SSSR count). The number of fused-ring (bicyclic) bond motifs is 1. The molecule has 0 aromatic carbocycles. The number of alkyl halides is 3. The molecule has 2 aliphatic carbocycles. The van der Waals surface area contributed by atoms with E-state index >= 15 is 0 Å². The standard InChI is InChI=1S/C12H15F3N2/c13-12(14,15)11(5-6-11)17-7-4-8-9(16)2-1-3-10(8)17/h4,7,9H,1-3,5-6,16H2. The smallest absolute Gasteiger partial charge is 0.336 e. The maximum absolute atomic E-state index is 13.1. The van der Waals surface area contributed by atoms with Gasteiger partial charge in [0.15, 0.2) is 0 Å². The minimum atomic E-state index is -4.15. The van der Waals surface area contributed by atoms with E-state index in [0.717, 1.165) is 24.1 Å².